The fraction of sp³-hybridized carbons (Fsp3) is 0.353. The van der Waals surface area contributed by atoms with E-state index < -0.39 is 0 Å². The van der Waals surface area contributed by atoms with Crippen molar-refractivity contribution in [2.24, 2.45) is 5.92 Å². The number of carbonyl (C=O) groups excluding carboxylic acids is 1. The molecule has 0 radical (unpaired) electrons. The normalized spacial score (nSPS) is 10.8. The Bertz CT molecular complexity index is 681. The van der Waals surface area contributed by atoms with Gasteiger partial charge in [-0.2, -0.15) is 0 Å². The summed E-state index contributed by atoms with van der Waals surface area (Å²) in [6.07, 6.45) is 2.01. The van der Waals surface area contributed by atoms with Gasteiger partial charge in [-0.1, -0.05) is 26.0 Å². The van der Waals surface area contributed by atoms with Gasteiger partial charge in [0.25, 0.3) is 0 Å². The average molecular weight is 299 g/mol. The predicted molar refractivity (Wildman–Crippen MR) is 87.2 cm³/mol. The first-order valence-corrected chi connectivity index (χ1v) is 7.26. The highest BCUT2D eigenvalue weighted by Crippen LogP contribution is 2.28. The molecule has 0 aliphatic rings. The van der Waals surface area contributed by atoms with Gasteiger partial charge in [-0.15, -0.1) is 0 Å². The zero-order valence-electron chi connectivity index (χ0n) is 13.4. The first-order valence-electron chi connectivity index (χ1n) is 7.26. The third-order valence-corrected chi connectivity index (χ3v) is 3.23. The Balaban J connectivity index is 2.48. The van der Waals surface area contributed by atoms with Crippen LogP contribution in [0.2, 0.25) is 0 Å². The van der Waals surface area contributed by atoms with Crippen LogP contribution in [0.15, 0.2) is 30.5 Å². The molecule has 0 aliphatic carbocycles. The predicted octanol–water partition coefficient (Wildman–Crippen LogP) is 3.14. The van der Waals surface area contributed by atoms with Crippen LogP contribution in [-0.4, -0.2) is 35.0 Å². The standard InChI is InChI=1S/C17H21N3O2/c1-11(2)9-15(22)13-10-18-16(19-17(13)20(3)4)12-7-5-6-8-14(12)21/h5-8,10-11,21H,9H2,1-4H3. The minimum atomic E-state index is 0.0301. The minimum absolute atomic E-state index is 0.0301. The van der Waals surface area contributed by atoms with Crippen molar-refractivity contribution in [3.05, 3.63) is 36.0 Å². The van der Waals surface area contributed by atoms with Crippen molar-refractivity contribution in [1.82, 2.24) is 9.97 Å². The molecule has 0 bridgehead atoms. The van der Waals surface area contributed by atoms with Crippen LogP contribution in [0, 0.1) is 5.92 Å². The number of benzene rings is 1. The lowest BCUT2D eigenvalue weighted by atomic mass is 10.0. The summed E-state index contributed by atoms with van der Waals surface area (Å²) in [4.78, 5) is 22.9. The molecule has 1 N–H and O–H groups in total. The van der Waals surface area contributed by atoms with E-state index in [2.05, 4.69) is 9.97 Å². The van der Waals surface area contributed by atoms with E-state index in [0.29, 0.717) is 29.2 Å². The lowest BCUT2D eigenvalue weighted by molar-refractivity contribution is 0.0967. The third kappa shape index (κ3) is 3.42. The third-order valence-electron chi connectivity index (χ3n) is 3.23. The van der Waals surface area contributed by atoms with Crippen LogP contribution in [-0.2, 0) is 0 Å². The number of hydrogen-bond donors (Lipinski definition) is 1. The van der Waals surface area contributed by atoms with Crippen LogP contribution in [0.3, 0.4) is 0 Å². The first kappa shape index (κ1) is 15.9. The quantitative estimate of drug-likeness (QED) is 0.859. The summed E-state index contributed by atoms with van der Waals surface area (Å²) >= 11 is 0. The molecule has 1 aromatic carbocycles. The number of carbonyl (C=O) groups is 1. The van der Waals surface area contributed by atoms with E-state index in [1.165, 1.54) is 0 Å². The highest BCUT2D eigenvalue weighted by atomic mass is 16.3. The Morgan fingerprint density at radius 2 is 1.95 bits per heavy atom. The van der Waals surface area contributed by atoms with Crippen LogP contribution in [0.4, 0.5) is 5.82 Å². The topological polar surface area (TPSA) is 66.3 Å². The summed E-state index contributed by atoms with van der Waals surface area (Å²) in [7, 11) is 3.67. The van der Waals surface area contributed by atoms with Gasteiger partial charge in [0.05, 0.1) is 11.1 Å². The van der Waals surface area contributed by atoms with E-state index in [-0.39, 0.29) is 17.5 Å². The molecule has 2 rings (SSSR count). The second-order valence-electron chi connectivity index (χ2n) is 5.86. The Morgan fingerprint density at radius 3 is 2.55 bits per heavy atom. The highest BCUT2D eigenvalue weighted by molar-refractivity contribution is 6.00. The first-order chi connectivity index (χ1) is 10.4. The second kappa shape index (κ2) is 6.56. The molecule has 0 unspecified atom stereocenters. The number of Topliss-reactive ketones (excluding diaryl/α,β-unsaturated/α-hetero) is 1. The number of hydrogen-bond acceptors (Lipinski definition) is 5. The highest BCUT2D eigenvalue weighted by Gasteiger charge is 2.18. The molecule has 1 heterocycles. The van der Waals surface area contributed by atoms with Crippen molar-refractivity contribution >= 4 is 11.6 Å². The number of nitrogens with zero attached hydrogens (tertiary/aromatic N) is 3. The lowest BCUT2D eigenvalue weighted by Gasteiger charge is -2.17. The molecule has 0 fully saturated rings. The van der Waals surface area contributed by atoms with E-state index in [1.54, 1.807) is 29.3 Å². The number of phenols is 1. The van der Waals surface area contributed by atoms with Gasteiger partial charge in [-0.25, -0.2) is 9.97 Å². The van der Waals surface area contributed by atoms with Gasteiger partial charge in [0.1, 0.15) is 11.6 Å². The van der Waals surface area contributed by atoms with Gasteiger partial charge < -0.3 is 10.0 Å². The van der Waals surface area contributed by atoms with E-state index >= 15 is 0 Å². The molecule has 0 saturated carbocycles. The summed E-state index contributed by atoms with van der Waals surface area (Å²) in [5.41, 5.74) is 1.06. The number of phenolic OH excluding ortho intramolecular Hbond substituents is 1. The molecule has 2 aromatic rings. The molecule has 0 amide bonds. The molecule has 0 aliphatic heterocycles. The summed E-state index contributed by atoms with van der Waals surface area (Å²) in [5, 5.41) is 9.93. The number of aromatic hydroxyl groups is 1. The zero-order chi connectivity index (χ0) is 16.3. The Hall–Kier alpha value is -2.43. The average Bonchev–Trinajstić information content (AvgIpc) is 2.46. The molecule has 22 heavy (non-hydrogen) atoms. The minimum Gasteiger partial charge on any atom is -0.507 e. The van der Waals surface area contributed by atoms with Gasteiger partial charge in [0.2, 0.25) is 0 Å². The SMILES string of the molecule is CC(C)CC(=O)c1cnc(-c2ccccc2O)nc1N(C)C. The summed E-state index contributed by atoms with van der Waals surface area (Å²) in [6, 6.07) is 6.89. The molecule has 1 aromatic heterocycles. The maximum absolute atomic E-state index is 12.3. The van der Waals surface area contributed by atoms with E-state index in [1.807, 2.05) is 34.0 Å². The molecular formula is C17H21N3O2. The molecule has 0 saturated heterocycles. The number of ketones is 1. The van der Waals surface area contributed by atoms with Crippen molar-refractivity contribution in [3.63, 3.8) is 0 Å². The molecule has 0 atom stereocenters. The molecule has 116 valence electrons. The fourth-order valence-corrected chi connectivity index (χ4v) is 2.18. The van der Waals surface area contributed by atoms with Crippen LogP contribution in [0.5, 0.6) is 5.75 Å². The smallest absolute Gasteiger partial charge is 0.168 e. The van der Waals surface area contributed by atoms with Crippen LogP contribution < -0.4 is 4.90 Å². The molecule has 5 heteroatoms. The molecular weight excluding hydrogens is 278 g/mol. The van der Waals surface area contributed by atoms with Crippen LogP contribution in [0.1, 0.15) is 30.6 Å². The monoisotopic (exact) mass is 299 g/mol. The summed E-state index contributed by atoms with van der Waals surface area (Å²) < 4.78 is 0. The zero-order valence-corrected chi connectivity index (χ0v) is 13.4. The van der Waals surface area contributed by atoms with Crippen molar-refractivity contribution in [3.8, 4) is 17.1 Å². The number of aromatic nitrogens is 2. The number of anilines is 1. The van der Waals surface area contributed by atoms with Crippen LogP contribution >= 0.6 is 0 Å². The van der Waals surface area contributed by atoms with Gasteiger partial charge in [0, 0.05) is 26.7 Å². The number of rotatable bonds is 5. The molecule has 5 nitrogen and oxygen atoms in total. The van der Waals surface area contributed by atoms with Crippen molar-refractivity contribution in [1.29, 1.82) is 0 Å². The maximum Gasteiger partial charge on any atom is 0.168 e. The summed E-state index contributed by atoms with van der Waals surface area (Å²) in [6.45, 7) is 4.01. The van der Waals surface area contributed by atoms with Gasteiger partial charge >= 0.3 is 0 Å². The Kier molecular flexibility index (Phi) is 4.75. The summed E-state index contributed by atoms with van der Waals surface area (Å²) in [5.74, 6) is 1.40. The van der Waals surface area contributed by atoms with Gasteiger partial charge in [-0.05, 0) is 18.1 Å². The molecule has 0 spiro atoms. The number of para-hydroxylation sites is 1. The van der Waals surface area contributed by atoms with Gasteiger partial charge in [0.15, 0.2) is 11.6 Å². The van der Waals surface area contributed by atoms with E-state index in [9.17, 15) is 9.90 Å². The Labute approximate surface area is 130 Å². The van der Waals surface area contributed by atoms with E-state index in [0.717, 1.165) is 0 Å². The van der Waals surface area contributed by atoms with Gasteiger partial charge in [-0.3, -0.25) is 4.79 Å². The van der Waals surface area contributed by atoms with Crippen molar-refractivity contribution < 1.29 is 9.90 Å². The van der Waals surface area contributed by atoms with E-state index in [4.69, 9.17) is 0 Å². The lowest BCUT2D eigenvalue weighted by Crippen LogP contribution is -2.17. The maximum atomic E-state index is 12.3. The van der Waals surface area contributed by atoms with Crippen molar-refractivity contribution in [2.45, 2.75) is 20.3 Å². The second-order valence-corrected chi connectivity index (χ2v) is 5.86. The Morgan fingerprint density at radius 1 is 1.27 bits per heavy atom. The largest absolute Gasteiger partial charge is 0.507 e. The van der Waals surface area contributed by atoms with Crippen LogP contribution in [0.25, 0.3) is 11.4 Å². The fourth-order valence-electron chi connectivity index (χ4n) is 2.18. The van der Waals surface area contributed by atoms with Crippen molar-refractivity contribution in [2.75, 3.05) is 19.0 Å².